The Balaban J connectivity index is 1.98. The Kier molecular flexibility index (Phi) is 3.09. The van der Waals surface area contributed by atoms with Crippen LogP contribution in [0.5, 0.6) is 5.75 Å². The van der Waals surface area contributed by atoms with Crippen LogP contribution in [0, 0.1) is 0 Å². The van der Waals surface area contributed by atoms with Crippen LogP contribution in [0.2, 0.25) is 0 Å². The summed E-state index contributed by atoms with van der Waals surface area (Å²) in [6.45, 7) is 3.37. The van der Waals surface area contributed by atoms with Crippen LogP contribution in [0.15, 0.2) is 36.9 Å². The Labute approximate surface area is 98.5 Å². The third-order valence-corrected chi connectivity index (χ3v) is 2.26. The molecule has 2 rings (SSSR count). The molecular weight excluding hydrogens is 220 g/mol. The first kappa shape index (κ1) is 11.2. The first-order valence-electron chi connectivity index (χ1n) is 5.17. The van der Waals surface area contributed by atoms with Crippen LogP contribution in [-0.4, -0.2) is 18.0 Å². The van der Waals surface area contributed by atoms with Crippen molar-refractivity contribution in [2.24, 2.45) is 0 Å². The zero-order chi connectivity index (χ0) is 12.3. The van der Waals surface area contributed by atoms with E-state index in [4.69, 9.17) is 4.74 Å². The lowest BCUT2D eigenvalue weighted by atomic mass is 10.2. The highest BCUT2D eigenvalue weighted by Crippen LogP contribution is 2.20. The Morgan fingerprint density at radius 3 is 3.00 bits per heavy atom. The van der Waals surface area contributed by atoms with Crippen molar-refractivity contribution in [1.82, 2.24) is 5.32 Å². The number of rotatable bonds is 4. The number of β-lactam (4-membered cyclic amide) rings is 1. The summed E-state index contributed by atoms with van der Waals surface area (Å²) in [6.07, 6.45) is 1.29. The molecule has 1 fully saturated rings. The first-order chi connectivity index (χ1) is 8.17. The Bertz CT molecular complexity index is 463. The molecule has 2 N–H and O–H groups in total. The van der Waals surface area contributed by atoms with Crippen LogP contribution in [0.25, 0.3) is 0 Å². The van der Waals surface area contributed by atoms with Crippen LogP contribution < -0.4 is 15.4 Å². The van der Waals surface area contributed by atoms with Crippen molar-refractivity contribution < 1.29 is 14.3 Å². The Morgan fingerprint density at radius 2 is 2.35 bits per heavy atom. The van der Waals surface area contributed by atoms with E-state index in [0.717, 1.165) is 0 Å². The minimum Gasteiger partial charge on any atom is -0.470 e. The molecule has 1 aromatic rings. The number of benzene rings is 1. The summed E-state index contributed by atoms with van der Waals surface area (Å²) in [5.41, 5.74) is 0.623. The van der Waals surface area contributed by atoms with Gasteiger partial charge in [0.1, 0.15) is 5.75 Å². The van der Waals surface area contributed by atoms with Crippen molar-refractivity contribution in [3.8, 4) is 5.75 Å². The molecule has 1 aliphatic heterocycles. The average Bonchev–Trinajstić information content (AvgIpc) is 2.27. The largest absolute Gasteiger partial charge is 0.470 e. The van der Waals surface area contributed by atoms with Gasteiger partial charge in [-0.1, -0.05) is 12.6 Å². The van der Waals surface area contributed by atoms with E-state index in [1.807, 2.05) is 0 Å². The lowest BCUT2D eigenvalue weighted by Gasteiger charge is -2.27. The van der Waals surface area contributed by atoms with Crippen molar-refractivity contribution in [2.45, 2.75) is 12.6 Å². The van der Waals surface area contributed by atoms with Crippen molar-refractivity contribution in [2.75, 3.05) is 5.32 Å². The van der Waals surface area contributed by atoms with Crippen LogP contribution in [0.1, 0.15) is 6.42 Å². The molecule has 1 aromatic carbocycles. The fourth-order valence-corrected chi connectivity index (χ4v) is 1.40. The summed E-state index contributed by atoms with van der Waals surface area (Å²) in [7, 11) is 0. The SMILES string of the molecule is C=CC(=O)Nc1cccc(OC2CC(=O)N2)c1. The van der Waals surface area contributed by atoms with Gasteiger partial charge in [0.2, 0.25) is 11.8 Å². The second kappa shape index (κ2) is 4.69. The van der Waals surface area contributed by atoms with Crippen LogP contribution in [-0.2, 0) is 9.59 Å². The molecule has 0 bridgehead atoms. The molecule has 1 saturated heterocycles. The zero-order valence-electron chi connectivity index (χ0n) is 9.10. The number of nitrogens with one attached hydrogen (secondary N) is 2. The Morgan fingerprint density at radius 1 is 1.59 bits per heavy atom. The number of ether oxygens (including phenoxy) is 1. The van der Waals surface area contributed by atoms with Crippen LogP contribution in [0.4, 0.5) is 5.69 Å². The normalized spacial score (nSPS) is 17.6. The molecule has 5 heteroatoms. The summed E-state index contributed by atoms with van der Waals surface area (Å²) in [4.78, 5) is 21.8. The topological polar surface area (TPSA) is 67.4 Å². The molecule has 1 heterocycles. The van der Waals surface area contributed by atoms with Gasteiger partial charge in [-0.05, 0) is 18.2 Å². The number of hydrogen-bond donors (Lipinski definition) is 2. The summed E-state index contributed by atoms with van der Waals surface area (Å²) in [5.74, 6) is 0.294. The molecule has 1 unspecified atom stereocenters. The van der Waals surface area contributed by atoms with E-state index in [1.165, 1.54) is 6.08 Å². The van der Waals surface area contributed by atoms with E-state index >= 15 is 0 Å². The number of carbonyl (C=O) groups excluding carboxylic acids is 2. The van der Waals surface area contributed by atoms with Gasteiger partial charge in [-0.15, -0.1) is 0 Å². The molecule has 2 amide bonds. The van der Waals surface area contributed by atoms with E-state index < -0.39 is 0 Å². The zero-order valence-corrected chi connectivity index (χ0v) is 9.10. The molecule has 0 aliphatic carbocycles. The highest BCUT2D eigenvalue weighted by molar-refractivity contribution is 5.98. The molecule has 88 valence electrons. The third-order valence-electron chi connectivity index (χ3n) is 2.26. The maximum Gasteiger partial charge on any atom is 0.247 e. The quantitative estimate of drug-likeness (QED) is 0.602. The van der Waals surface area contributed by atoms with Gasteiger partial charge in [0.25, 0.3) is 0 Å². The molecule has 0 spiro atoms. The van der Waals surface area contributed by atoms with Crippen molar-refractivity contribution >= 4 is 17.5 Å². The summed E-state index contributed by atoms with van der Waals surface area (Å²) in [5, 5.41) is 5.22. The van der Waals surface area contributed by atoms with Gasteiger partial charge in [0.15, 0.2) is 6.23 Å². The fourth-order valence-electron chi connectivity index (χ4n) is 1.40. The van der Waals surface area contributed by atoms with E-state index in [1.54, 1.807) is 24.3 Å². The average molecular weight is 232 g/mol. The monoisotopic (exact) mass is 232 g/mol. The highest BCUT2D eigenvalue weighted by atomic mass is 16.5. The van der Waals surface area contributed by atoms with Gasteiger partial charge >= 0.3 is 0 Å². The molecule has 5 nitrogen and oxygen atoms in total. The van der Waals surface area contributed by atoms with E-state index in [2.05, 4.69) is 17.2 Å². The van der Waals surface area contributed by atoms with Crippen LogP contribution in [0.3, 0.4) is 0 Å². The summed E-state index contributed by atoms with van der Waals surface area (Å²) in [6, 6.07) is 6.95. The van der Waals surface area contributed by atoms with E-state index in [-0.39, 0.29) is 18.0 Å². The van der Waals surface area contributed by atoms with Gasteiger partial charge in [-0.3, -0.25) is 9.59 Å². The molecule has 0 saturated carbocycles. The number of carbonyl (C=O) groups is 2. The highest BCUT2D eigenvalue weighted by Gasteiger charge is 2.26. The van der Waals surface area contributed by atoms with Gasteiger partial charge in [0, 0.05) is 11.8 Å². The van der Waals surface area contributed by atoms with Crippen molar-refractivity contribution in [3.63, 3.8) is 0 Å². The van der Waals surface area contributed by atoms with Gasteiger partial charge in [-0.2, -0.15) is 0 Å². The minimum atomic E-state index is -0.279. The lowest BCUT2D eigenvalue weighted by Crippen LogP contribution is -2.51. The maximum absolute atomic E-state index is 11.1. The molecule has 17 heavy (non-hydrogen) atoms. The Hall–Kier alpha value is -2.30. The van der Waals surface area contributed by atoms with Crippen LogP contribution >= 0.6 is 0 Å². The number of hydrogen-bond acceptors (Lipinski definition) is 3. The lowest BCUT2D eigenvalue weighted by molar-refractivity contribution is -0.134. The van der Waals surface area contributed by atoms with Crippen molar-refractivity contribution in [3.05, 3.63) is 36.9 Å². The number of anilines is 1. The summed E-state index contributed by atoms with van der Waals surface area (Å²) >= 11 is 0. The first-order valence-corrected chi connectivity index (χ1v) is 5.17. The van der Waals surface area contributed by atoms with Gasteiger partial charge in [-0.25, -0.2) is 0 Å². The van der Waals surface area contributed by atoms with E-state index in [9.17, 15) is 9.59 Å². The molecule has 0 radical (unpaired) electrons. The third kappa shape index (κ3) is 2.84. The smallest absolute Gasteiger partial charge is 0.247 e. The minimum absolute atomic E-state index is 0.0221. The predicted molar refractivity (Wildman–Crippen MR) is 62.4 cm³/mol. The molecule has 1 atom stereocenters. The van der Waals surface area contributed by atoms with Crippen molar-refractivity contribution in [1.29, 1.82) is 0 Å². The maximum atomic E-state index is 11.1. The molecule has 0 aromatic heterocycles. The molecule has 1 aliphatic rings. The van der Waals surface area contributed by atoms with Gasteiger partial charge < -0.3 is 15.4 Å². The standard InChI is InChI=1S/C12H12N2O3/c1-2-10(15)13-8-4-3-5-9(6-8)17-12-7-11(16)14-12/h2-6,12H,1,7H2,(H,13,15)(H,14,16). The summed E-state index contributed by atoms with van der Waals surface area (Å²) < 4.78 is 5.47. The second-order valence-corrected chi connectivity index (χ2v) is 3.60. The predicted octanol–water partition coefficient (Wildman–Crippen LogP) is 1.04. The fraction of sp³-hybridized carbons (Fsp3) is 0.167. The van der Waals surface area contributed by atoms with Gasteiger partial charge in [0.05, 0.1) is 6.42 Å². The molecular formula is C12H12N2O3. The second-order valence-electron chi connectivity index (χ2n) is 3.60. The van der Waals surface area contributed by atoms with E-state index in [0.29, 0.717) is 17.9 Å². The number of amides is 2.